The molecule has 23 heavy (non-hydrogen) atoms. The first-order valence-electron chi connectivity index (χ1n) is 8.57. The molecular weight excluding hydrogens is 288 g/mol. The Hall–Kier alpha value is -1.16. The van der Waals surface area contributed by atoms with Gasteiger partial charge in [0.05, 0.1) is 5.60 Å². The van der Waals surface area contributed by atoms with Crippen molar-refractivity contribution in [1.82, 2.24) is 0 Å². The van der Waals surface area contributed by atoms with Gasteiger partial charge in [-0.3, -0.25) is 0 Å². The molecule has 0 aromatic heterocycles. The number of aliphatic hydroxyl groups is 1. The molecule has 2 aliphatic heterocycles. The number of fused-ring (bicyclic) bond motifs is 1. The summed E-state index contributed by atoms with van der Waals surface area (Å²) in [4.78, 5) is 0. The molecule has 0 radical (unpaired) electrons. The molecule has 0 unspecified atom stereocenters. The summed E-state index contributed by atoms with van der Waals surface area (Å²) in [6.45, 7) is 8.15. The van der Waals surface area contributed by atoms with Crippen LogP contribution in [0, 0.1) is 17.8 Å². The van der Waals surface area contributed by atoms with E-state index in [-0.39, 0.29) is 17.4 Å². The first-order valence-corrected chi connectivity index (χ1v) is 8.57. The van der Waals surface area contributed by atoms with Gasteiger partial charge in [-0.05, 0) is 36.7 Å². The zero-order valence-electron chi connectivity index (χ0n) is 14.2. The summed E-state index contributed by atoms with van der Waals surface area (Å²) >= 11 is 0. The van der Waals surface area contributed by atoms with E-state index in [1.165, 1.54) is 5.56 Å². The smallest absolute Gasteiger partial charge is 0.198 e. The van der Waals surface area contributed by atoms with Crippen LogP contribution in [0.3, 0.4) is 0 Å². The van der Waals surface area contributed by atoms with Crippen LogP contribution in [0.2, 0.25) is 0 Å². The summed E-state index contributed by atoms with van der Waals surface area (Å²) < 4.78 is 12.3. The van der Waals surface area contributed by atoms with Gasteiger partial charge in [-0.25, -0.2) is 0 Å². The van der Waals surface area contributed by atoms with Crippen LogP contribution in [-0.4, -0.2) is 29.2 Å². The number of benzene rings is 1. The van der Waals surface area contributed by atoms with Crippen molar-refractivity contribution in [2.75, 3.05) is 7.11 Å². The van der Waals surface area contributed by atoms with E-state index in [9.17, 15) is 5.11 Å². The summed E-state index contributed by atoms with van der Waals surface area (Å²) in [6.07, 6.45) is 3.45. The first kappa shape index (κ1) is 15.4. The Kier molecular flexibility index (Phi) is 3.13. The van der Waals surface area contributed by atoms with E-state index in [1.807, 2.05) is 19.1 Å². The van der Waals surface area contributed by atoms with Crippen LogP contribution in [0.4, 0.5) is 0 Å². The molecule has 3 nitrogen and oxygen atoms in total. The van der Waals surface area contributed by atoms with Crippen LogP contribution in [-0.2, 0) is 9.47 Å². The van der Waals surface area contributed by atoms with E-state index in [0.29, 0.717) is 11.8 Å². The van der Waals surface area contributed by atoms with Gasteiger partial charge in [-0.15, -0.1) is 6.58 Å². The van der Waals surface area contributed by atoms with Crippen LogP contribution in [0.5, 0.6) is 0 Å². The highest BCUT2D eigenvalue weighted by Gasteiger charge is 2.82. The van der Waals surface area contributed by atoms with Crippen molar-refractivity contribution in [2.45, 2.75) is 49.6 Å². The molecule has 4 rings (SSSR count). The van der Waals surface area contributed by atoms with E-state index >= 15 is 0 Å². The van der Waals surface area contributed by atoms with Crippen molar-refractivity contribution in [3.63, 3.8) is 0 Å². The molecule has 3 fully saturated rings. The van der Waals surface area contributed by atoms with Crippen LogP contribution in [0.1, 0.15) is 38.2 Å². The average Bonchev–Trinajstić information content (AvgIpc) is 3.03. The molecule has 3 heteroatoms. The summed E-state index contributed by atoms with van der Waals surface area (Å²) in [5, 5.41) is 11.5. The predicted molar refractivity (Wildman–Crippen MR) is 88.9 cm³/mol. The summed E-state index contributed by atoms with van der Waals surface area (Å²) in [5.41, 5.74) is -0.0770. The van der Waals surface area contributed by atoms with E-state index in [4.69, 9.17) is 9.47 Å². The maximum atomic E-state index is 11.5. The average molecular weight is 314 g/mol. The molecule has 124 valence electrons. The van der Waals surface area contributed by atoms with Crippen molar-refractivity contribution < 1.29 is 14.6 Å². The Morgan fingerprint density at radius 2 is 2.09 bits per heavy atom. The Balaban J connectivity index is 1.90. The maximum Gasteiger partial charge on any atom is 0.198 e. The van der Waals surface area contributed by atoms with Gasteiger partial charge in [0, 0.05) is 19.4 Å². The van der Waals surface area contributed by atoms with Crippen LogP contribution in [0.15, 0.2) is 43.0 Å². The van der Waals surface area contributed by atoms with Crippen LogP contribution >= 0.6 is 0 Å². The first-order chi connectivity index (χ1) is 10.9. The fourth-order valence-electron chi connectivity index (χ4n) is 6.09. The van der Waals surface area contributed by atoms with Gasteiger partial charge in [0.1, 0.15) is 5.60 Å². The summed E-state index contributed by atoms with van der Waals surface area (Å²) in [7, 11) is 1.66. The number of methoxy groups -OCH3 is 1. The lowest BCUT2D eigenvalue weighted by Gasteiger charge is -2.42. The van der Waals surface area contributed by atoms with Crippen LogP contribution in [0.25, 0.3) is 0 Å². The fraction of sp³-hybridized carbons (Fsp3) is 0.600. The van der Waals surface area contributed by atoms with Crippen LogP contribution < -0.4 is 0 Å². The molecular formula is C20H26O3. The molecule has 1 aromatic carbocycles. The van der Waals surface area contributed by atoms with Crippen molar-refractivity contribution in [1.29, 1.82) is 0 Å². The topological polar surface area (TPSA) is 38.7 Å². The minimum Gasteiger partial charge on any atom is -0.384 e. The third-order valence-electron chi connectivity index (χ3n) is 6.91. The van der Waals surface area contributed by atoms with Gasteiger partial charge in [-0.2, -0.15) is 0 Å². The Bertz CT molecular complexity index is 625. The zero-order valence-corrected chi connectivity index (χ0v) is 14.2. The Morgan fingerprint density at radius 3 is 2.70 bits per heavy atom. The molecule has 7 atom stereocenters. The fourth-order valence-corrected chi connectivity index (χ4v) is 6.09. The highest BCUT2D eigenvalue weighted by molar-refractivity contribution is 5.36. The molecule has 1 aliphatic carbocycles. The van der Waals surface area contributed by atoms with Gasteiger partial charge >= 0.3 is 0 Å². The van der Waals surface area contributed by atoms with Gasteiger partial charge in [0.15, 0.2) is 5.79 Å². The number of hydrogen-bond donors (Lipinski definition) is 1. The van der Waals surface area contributed by atoms with Gasteiger partial charge in [0.25, 0.3) is 0 Å². The minimum absolute atomic E-state index is 0.0177. The lowest BCUT2D eigenvalue weighted by Crippen LogP contribution is -2.56. The Morgan fingerprint density at radius 1 is 1.39 bits per heavy atom. The molecule has 1 saturated carbocycles. The quantitative estimate of drug-likeness (QED) is 0.865. The van der Waals surface area contributed by atoms with Crippen molar-refractivity contribution in [3.05, 3.63) is 48.6 Å². The zero-order chi connectivity index (χ0) is 16.5. The Labute approximate surface area is 138 Å². The summed E-state index contributed by atoms with van der Waals surface area (Å²) in [6, 6.07) is 10.6. The second-order valence-corrected chi connectivity index (χ2v) is 7.74. The lowest BCUT2D eigenvalue weighted by atomic mass is 9.65. The molecule has 1 aromatic rings. The van der Waals surface area contributed by atoms with E-state index < -0.39 is 11.4 Å². The molecule has 1 N–H and O–H groups in total. The molecule has 2 saturated heterocycles. The number of hydrogen-bond acceptors (Lipinski definition) is 3. The predicted octanol–water partition coefficient (Wildman–Crippen LogP) is 3.49. The van der Waals surface area contributed by atoms with Gasteiger partial charge in [-0.1, -0.05) is 43.3 Å². The summed E-state index contributed by atoms with van der Waals surface area (Å²) in [5.74, 6) is 0.229. The molecule has 0 amide bonds. The van der Waals surface area contributed by atoms with E-state index in [0.717, 1.165) is 12.8 Å². The number of rotatable bonds is 4. The normalized spacial score (nSPS) is 50.4. The molecule has 3 aliphatic rings. The SMILES string of the molecule is C=CC[C@]12O[C@]3(OC)C[C@H]1[C@H](C)[C@@H](c1ccccc1)[C@H]2[C@@]3(C)O. The standard InChI is InChI=1S/C20H26O3/c1-5-11-19-15-12-20(22-4,23-19)18(3,21)17(19)16(13(15)2)14-9-7-6-8-10-14/h5-10,13,15-17,21H,1,11-12H2,2-4H3/t13-,15-,16-,17-,18+,19-,20+/m0/s1. The van der Waals surface area contributed by atoms with Crippen molar-refractivity contribution in [3.8, 4) is 0 Å². The minimum atomic E-state index is -1.01. The van der Waals surface area contributed by atoms with E-state index in [2.05, 4.69) is 37.8 Å². The monoisotopic (exact) mass is 314 g/mol. The van der Waals surface area contributed by atoms with Crippen molar-refractivity contribution >= 4 is 0 Å². The van der Waals surface area contributed by atoms with Crippen molar-refractivity contribution in [2.24, 2.45) is 17.8 Å². The third kappa shape index (κ3) is 1.61. The third-order valence-corrected chi connectivity index (χ3v) is 6.91. The van der Waals surface area contributed by atoms with Gasteiger partial charge < -0.3 is 14.6 Å². The number of ether oxygens (including phenoxy) is 2. The molecule has 0 spiro atoms. The molecule has 2 heterocycles. The molecule has 2 bridgehead atoms. The largest absolute Gasteiger partial charge is 0.384 e. The maximum absolute atomic E-state index is 11.5. The highest BCUT2D eigenvalue weighted by atomic mass is 16.7. The lowest BCUT2D eigenvalue weighted by molar-refractivity contribution is -0.263. The van der Waals surface area contributed by atoms with E-state index in [1.54, 1.807) is 7.11 Å². The second kappa shape index (κ2) is 4.69. The van der Waals surface area contributed by atoms with Gasteiger partial charge in [0.2, 0.25) is 0 Å². The second-order valence-electron chi connectivity index (χ2n) is 7.74. The highest BCUT2D eigenvalue weighted by Crippen LogP contribution is 2.74.